The standard InChI is InChI=1S/C25H20F3N3O3/c26-25(27,28)18-5-3-15(4-6-18)24-30-12-17(23(31-24)14-1-2-14)13-34-19-7-8-20-16(9-22(32)33)11-29-21(20)10-19/h3-8,10-12,14,29H,1-2,9,13H2,(H,32,33). The zero-order chi connectivity index (χ0) is 23.9. The number of alkyl halides is 3. The van der Waals surface area contributed by atoms with Gasteiger partial charge in [0.15, 0.2) is 5.82 Å². The fourth-order valence-corrected chi connectivity index (χ4v) is 3.91. The lowest BCUT2D eigenvalue weighted by molar-refractivity contribution is -0.138. The predicted octanol–water partition coefficient (Wildman–Crippen LogP) is 5.73. The van der Waals surface area contributed by atoms with E-state index in [-0.39, 0.29) is 13.0 Å². The van der Waals surface area contributed by atoms with E-state index in [2.05, 4.69) is 15.0 Å². The number of H-pyrrole nitrogens is 1. The van der Waals surface area contributed by atoms with Gasteiger partial charge >= 0.3 is 12.1 Å². The Kier molecular flexibility index (Phi) is 5.47. The first-order valence-corrected chi connectivity index (χ1v) is 10.8. The molecule has 2 aromatic carbocycles. The molecule has 2 aromatic heterocycles. The molecule has 0 aliphatic heterocycles. The number of fused-ring (bicyclic) bond motifs is 1. The van der Waals surface area contributed by atoms with E-state index in [1.54, 1.807) is 18.5 Å². The van der Waals surface area contributed by atoms with Crippen molar-refractivity contribution in [3.63, 3.8) is 0 Å². The van der Waals surface area contributed by atoms with Crippen LogP contribution >= 0.6 is 0 Å². The second-order valence-electron chi connectivity index (χ2n) is 8.33. The van der Waals surface area contributed by atoms with Gasteiger partial charge in [0, 0.05) is 46.4 Å². The lowest BCUT2D eigenvalue weighted by atomic mass is 10.1. The number of benzene rings is 2. The molecule has 1 aliphatic rings. The molecule has 6 nitrogen and oxygen atoms in total. The number of hydrogen-bond donors (Lipinski definition) is 2. The predicted molar refractivity (Wildman–Crippen MR) is 118 cm³/mol. The molecule has 5 rings (SSSR count). The number of aromatic amines is 1. The summed E-state index contributed by atoms with van der Waals surface area (Å²) >= 11 is 0. The lowest BCUT2D eigenvalue weighted by Gasteiger charge is -2.12. The van der Waals surface area contributed by atoms with Crippen molar-refractivity contribution in [3.05, 3.63) is 77.2 Å². The van der Waals surface area contributed by atoms with Gasteiger partial charge in [-0.1, -0.05) is 12.1 Å². The molecule has 2 N–H and O–H groups in total. The molecule has 0 amide bonds. The van der Waals surface area contributed by atoms with Gasteiger partial charge in [-0.05, 0) is 42.7 Å². The first kappa shape index (κ1) is 21.9. The van der Waals surface area contributed by atoms with Crippen LogP contribution in [0.5, 0.6) is 5.75 Å². The zero-order valence-electron chi connectivity index (χ0n) is 17.9. The highest BCUT2D eigenvalue weighted by molar-refractivity contribution is 5.87. The van der Waals surface area contributed by atoms with Crippen LogP contribution in [-0.4, -0.2) is 26.0 Å². The molecule has 0 radical (unpaired) electrons. The van der Waals surface area contributed by atoms with Gasteiger partial charge in [0.2, 0.25) is 0 Å². The Bertz CT molecular complexity index is 1360. The second-order valence-corrected chi connectivity index (χ2v) is 8.33. The summed E-state index contributed by atoms with van der Waals surface area (Å²) in [7, 11) is 0. The summed E-state index contributed by atoms with van der Waals surface area (Å²) in [5.41, 5.74) is 2.99. The molecule has 0 bridgehead atoms. The first-order chi connectivity index (χ1) is 16.3. The summed E-state index contributed by atoms with van der Waals surface area (Å²) in [6.07, 6.45) is 0.899. The Morgan fingerprint density at radius 3 is 2.56 bits per heavy atom. The van der Waals surface area contributed by atoms with E-state index in [1.807, 2.05) is 12.1 Å². The Morgan fingerprint density at radius 1 is 1.12 bits per heavy atom. The van der Waals surface area contributed by atoms with Crippen molar-refractivity contribution in [3.8, 4) is 17.1 Å². The number of carboxylic acids is 1. The number of halogens is 3. The largest absolute Gasteiger partial charge is 0.489 e. The van der Waals surface area contributed by atoms with Crippen molar-refractivity contribution in [1.82, 2.24) is 15.0 Å². The average Bonchev–Trinajstić information content (AvgIpc) is 3.59. The van der Waals surface area contributed by atoms with E-state index in [0.717, 1.165) is 47.1 Å². The summed E-state index contributed by atoms with van der Waals surface area (Å²) in [6.45, 7) is 0.243. The Hall–Kier alpha value is -3.88. The number of nitrogens with one attached hydrogen (secondary N) is 1. The van der Waals surface area contributed by atoms with Crippen molar-refractivity contribution in [2.75, 3.05) is 0 Å². The summed E-state index contributed by atoms with van der Waals surface area (Å²) in [5.74, 6) is 0.399. The third-order valence-corrected chi connectivity index (χ3v) is 5.81. The van der Waals surface area contributed by atoms with Crippen molar-refractivity contribution in [2.45, 2.75) is 38.0 Å². The minimum absolute atomic E-state index is 0.0619. The smallest absolute Gasteiger partial charge is 0.416 e. The number of carbonyl (C=O) groups is 1. The van der Waals surface area contributed by atoms with Crippen molar-refractivity contribution >= 4 is 16.9 Å². The topological polar surface area (TPSA) is 88.1 Å². The summed E-state index contributed by atoms with van der Waals surface area (Å²) < 4.78 is 44.5. The summed E-state index contributed by atoms with van der Waals surface area (Å²) in [6, 6.07) is 10.3. The molecule has 0 unspecified atom stereocenters. The highest BCUT2D eigenvalue weighted by Gasteiger charge is 2.31. The van der Waals surface area contributed by atoms with Gasteiger partial charge in [-0.15, -0.1) is 0 Å². The van der Waals surface area contributed by atoms with Gasteiger partial charge in [0.05, 0.1) is 17.7 Å². The Labute approximate surface area is 192 Å². The van der Waals surface area contributed by atoms with Crippen LogP contribution in [0.15, 0.2) is 54.9 Å². The SMILES string of the molecule is O=C(O)Cc1c[nH]c2cc(OCc3cnc(-c4ccc(C(F)(F)F)cc4)nc3C3CC3)ccc12. The number of carboxylic acid groups (broad SMARTS) is 1. The van der Waals surface area contributed by atoms with Crippen LogP contribution in [0.3, 0.4) is 0 Å². The molecule has 0 saturated heterocycles. The third kappa shape index (κ3) is 4.59. The minimum Gasteiger partial charge on any atom is -0.489 e. The van der Waals surface area contributed by atoms with Crippen LogP contribution in [0.4, 0.5) is 13.2 Å². The molecule has 174 valence electrons. The van der Waals surface area contributed by atoms with Gasteiger partial charge in [0.25, 0.3) is 0 Å². The van der Waals surface area contributed by atoms with Crippen molar-refractivity contribution < 1.29 is 27.8 Å². The van der Waals surface area contributed by atoms with Crippen LogP contribution in [0, 0.1) is 0 Å². The van der Waals surface area contributed by atoms with Crippen LogP contribution in [0.1, 0.15) is 41.1 Å². The lowest BCUT2D eigenvalue weighted by Crippen LogP contribution is -2.06. The molecule has 4 aromatic rings. The molecule has 0 atom stereocenters. The molecule has 9 heteroatoms. The normalized spacial score (nSPS) is 13.9. The molecule has 34 heavy (non-hydrogen) atoms. The van der Waals surface area contributed by atoms with Crippen LogP contribution in [-0.2, 0) is 24.0 Å². The maximum Gasteiger partial charge on any atom is 0.416 e. The number of nitrogens with zero attached hydrogens (tertiary/aromatic N) is 2. The van der Waals surface area contributed by atoms with E-state index in [9.17, 15) is 18.0 Å². The number of ether oxygens (including phenoxy) is 1. The minimum atomic E-state index is -4.39. The number of aliphatic carboxylic acids is 1. The molecule has 0 spiro atoms. The van der Waals surface area contributed by atoms with E-state index in [1.165, 1.54) is 12.1 Å². The van der Waals surface area contributed by atoms with E-state index < -0.39 is 17.7 Å². The monoisotopic (exact) mass is 467 g/mol. The third-order valence-electron chi connectivity index (χ3n) is 5.81. The fraction of sp³-hybridized carbons (Fsp3) is 0.240. The zero-order valence-corrected chi connectivity index (χ0v) is 17.9. The molecular weight excluding hydrogens is 447 g/mol. The van der Waals surface area contributed by atoms with E-state index in [4.69, 9.17) is 9.84 Å². The van der Waals surface area contributed by atoms with Crippen molar-refractivity contribution in [1.29, 1.82) is 0 Å². The fourth-order valence-electron chi connectivity index (χ4n) is 3.91. The average molecular weight is 467 g/mol. The maximum atomic E-state index is 12.8. The van der Waals surface area contributed by atoms with Gasteiger partial charge in [-0.25, -0.2) is 9.97 Å². The van der Waals surface area contributed by atoms with E-state index >= 15 is 0 Å². The molecular formula is C25H20F3N3O3. The highest BCUT2D eigenvalue weighted by atomic mass is 19.4. The van der Waals surface area contributed by atoms with Crippen LogP contribution < -0.4 is 4.74 Å². The van der Waals surface area contributed by atoms with Crippen LogP contribution in [0.25, 0.3) is 22.3 Å². The number of hydrogen-bond acceptors (Lipinski definition) is 4. The molecule has 1 aliphatic carbocycles. The second kappa shape index (κ2) is 8.48. The van der Waals surface area contributed by atoms with Gasteiger partial charge in [0.1, 0.15) is 12.4 Å². The van der Waals surface area contributed by atoms with Crippen molar-refractivity contribution in [2.24, 2.45) is 0 Å². The molecule has 2 heterocycles. The number of aromatic nitrogens is 3. The van der Waals surface area contributed by atoms with Crippen LogP contribution in [0.2, 0.25) is 0 Å². The Balaban J connectivity index is 1.35. The molecule has 1 saturated carbocycles. The van der Waals surface area contributed by atoms with Gasteiger partial charge in [-0.2, -0.15) is 13.2 Å². The quantitative estimate of drug-likeness (QED) is 0.363. The maximum absolute atomic E-state index is 12.8. The summed E-state index contributed by atoms with van der Waals surface area (Å²) in [4.78, 5) is 23.1. The highest BCUT2D eigenvalue weighted by Crippen LogP contribution is 2.41. The Morgan fingerprint density at radius 2 is 1.88 bits per heavy atom. The number of rotatable bonds is 7. The van der Waals surface area contributed by atoms with Gasteiger partial charge < -0.3 is 14.8 Å². The van der Waals surface area contributed by atoms with E-state index in [0.29, 0.717) is 28.6 Å². The van der Waals surface area contributed by atoms with Gasteiger partial charge in [-0.3, -0.25) is 4.79 Å². The first-order valence-electron chi connectivity index (χ1n) is 10.8. The molecule has 1 fully saturated rings. The summed E-state index contributed by atoms with van der Waals surface area (Å²) in [5, 5.41) is 9.86.